The van der Waals surface area contributed by atoms with Crippen LogP contribution in [-0.4, -0.2) is 59.7 Å². The van der Waals surface area contributed by atoms with E-state index in [9.17, 15) is 4.79 Å². The summed E-state index contributed by atoms with van der Waals surface area (Å²) in [7, 11) is 0. The Kier molecular flexibility index (Phi) is 3.73. The molecule has 3 heterocycles. The van der Waals surface area contributed by atoms with Crippen LogP contribution in [0.1, 0.15) is 18.4 Å². The van der Waals surface area contributed by atoms with Crippen LogP contribution in [0.25, 0.3) is 0 Å². The minimum absolute atomic E-state index is 0.118. The number of hydrazine groups is 1. The molecule has 0 bridgehead atoms. The molecule has 118 valence electrons. The van der Waals surface area contributed by atoms with E-state index in [1.54, 1.807) is 0 Å². The monoisotopic (exact) mass is 302 g/mol. The first-order valence-corrected chi connectivity index (χ1v) is 8.04. The Morgan fingerprint density at radius 2 is 2.09 bits per heavy atom. The third kappa shape index (κ3) is 2.47. The van der Waals surface area contributed by atoms with Gasteiger partial charge in [0.25, 0.3) is 0 Å². The number of benzene rings is 1. The molecule has 22 heavy (non-hydrogen) atoms. The lowest BCUT2D eigenvalue weighted by atomic mass is 10.0. The highest BCUT2D eigenvalue weighted by Gasteiger charge is 2.44. The molecule has 6 heteroatoms. The van der Waals surface area contributed by atoms with E-state index in [2.05, 4.69) is 27.5 Å². The number of rotatable bonds is 3. The van der Waals surface area contributed by atoms with Crippen LogP contribution in [0.4, 0.5) is 4.79 Å². The number of fused-ring (bicyclic) bond motifs is 1. The van der Waals surface area contributed by atoms with E-state index in [1.165, 1.54) is 5.56 Å². The molecule has 1 amide bonds. The number of ether oxygens (including phenoxy) is 1. The third-order valence-corrected chi connectivity index (χ3v) is 4.79. The van der Waals surface area contributed by atoms with Gasteiger partial charge in [-0.25, -0.2) is 14.8 Å². The molecule has 4 rings (SSSR count). The molecule has 2 atom stereocenters. The first kappa shape index (κ1) is 14.0. The molecule has 3 aliphatic heterocycles. The number of nitrogens with zero attached hydrogens (tertiary/aromatic N) is 3. The van der Waals surface area contributed by atoms with Crippen molar-refractivity contribution >= 4 is 6.09 Å². The normalized spacial score (nSPS) is 29.6. The Balaban J connectivity index is 1.54. The summed E-state index contributed by atoms with van der Waals surface area (Å²) in [5.41, 5.74) is 1.25. The van der Waals surface area contributed by atoms with E-state index in [0.29, 0.717) is 6.61 Å². The van der Waals surface area contributed by atoms with Crippen molar-refractivity contribution in [1.29, 1.82) is 0 Å². The van der Waals surface area contributed by atoms with Gasteiger partial charge in [0.05, 0.1) is 19.4 Å². The molecule has 0 aliphatic carbocycles. The smallest absolute Gasteiger partial charge is 0.411 e. The van der Waals surface area contributed by atoms with Crippen molar-refractivity contribution in [3.05, 3.63) is 35.9 Å². The van der Waals surface area contributed by atoms with Gasteiger partial charge < -0.3 is 4.74 Å². The molecule has 0 unspecified atom stereocenters. The average molecular weight is 302 g/mol. The van der Waals surface area contributed by atoms with Gasteiger partial charge in [-0.05, 0) is 24.8 Å². The van der Waals surface area contributed by atoms with Crippen LogP contribution in [0, 0.1) is 0 Å². The maximum atomic E-state index is 12.3. The van der Waals surface area contributed by atoms with Gasteiger partial charge in [-0.3, -0.25) is 10.2 Å². The highest BCUT2D eigenvalue weighted by atomic mass is 16.6. The Morgan fingerprint density at radius 1 is 1.23 bits per heavy atom. The molecular formula is C16H22N4O2. The first-order chi connectivity index (χ1) is 10.8. The number of amides is 1. The van der Waals surface area contributed by atoms with E-state index in [-0.39, 0.29) is 18.3 Å². The van der Waals surface area contributed by atoms with Crippen molar-refractivity contribution in [2.45, 2.75) is 31.5 Å². The molecule has 3 saturated heterocycles. The minimum atomic E-state index is -0.167. The van der Waals surface area contributed by atoms with E-state index in [0.717, 1.165) is 39.1 Å². The molecule has 1 aromatic carbocycles. The van der Waals surface area contributed by atoms with Crippen molar-refractivity contribution in [3.8, 4) is 0 Å². The highest BCUT2D eigenvalue weighted by molar-refractivity contribution is 5.70. The lowest BCUT2D eigenvalue weighted by Gasteiger charge is -2.43. The highest BCUT2D eigenvalue weighted by Crippen LogP contribution is 2.28. The third-order valence-electron chi connectivity index (χ3n) is 4.79. The van der Waals surface area contributed by atoms with Crippen molar-refractivity contribution in [2.24, 2.45) is 0 Å². The first-order valence-electron chi connectivity index (χ1n) is 8.04. The van der Waals surface area contributed by atoms with Gasteiger partial charge >= 0.3 is 6.09 Å². The minimum Gasteiger partial charge on any atom is -0.447 e. The van der Waals surface area contributed by atoms with Crippen LogP contribution in [0.15, 0.2) is 30.3 Å². The van der Waals surface area contributed by atoms with Crippen LogP contribution in [0.3, 0.4) is 0 Å². The van der Waals surface area contributed by atoms with Crippen molar-refractivity contribution in [3.63, 3.8) is 0 Å². The van der Waals surface area contributed by atoms with Crippen LogP contribution in [0.5, 0.6) is 0 Å². The Bertz CT molecular complexity index is 538. The number of carbonyl (C=O) groups is 1. The zero-order valence-corrected chi connectivity index (χ0v) is 12.6. The largest absolute Gasteiger partial charge is 0.447 e. The number of hydrogen-bond acceptors (Lipinski definition) is 5. The zero-order valence-electron chi connectivity index (χ0n) is 12.6. The topological polar surface area (TPSA) is 48.1 Å². The number of hydrogen-bond donors (Lipinski definition) is 1. The van der Waals surface area contributed by atoms with Gasteiger partial charge in [-0.1, -0.05) is 30.3 Å². The van der Waals surface area contributed by atoms with Gasteiger partial charge in [0.1, 0.15) is 12.8 Å². The van der Waals surface area contributed by atoms with E-state index in [4.69, 9.17) is 4.74 Å². The molecule has 0 saturated carbocycles. The fraction of sp³-hybridized carbons (Fsp3) is 0.562. The number of cyclic esters (lactones) is 1. The van der Waals surface area contributed by atoms with Gasteiger partial charge in [0.15, 0.2) is 0 Å². The van der Waals surface area contributed by atoms with Crippen LogP contribution >= 0.6 is 0 Å². The molecule has 0 aromatic heterocycles. The lowest BCUT2D eigenvalue weighted by Crippen LogP contribution is -2.58. The summed E-state index contributed by atoms with van der Waals surface area (Å²) >= 11 is 0. The SMILES string of the molecule is O=C1OC[C@H](Cc2ccccc2)N1[C@@H]1CCCN2CNCN12. The zero-order chi connectivity index (χ0) is 14.9. The maximum absolute atomic E-state index is 12.3. The summed E-state index contributed by atoms with van der Waals surface area (Å²) in [4.78, 5) is 14.3. The molecule has 1 aromatic rings. The molecule has 6 nitrogen and oxygen atoms in total. The summed E-state index contributed by atoms with van der Waals surface area (Å²) in [6.07, 6.45) is 2.93. The van der Waals surface area contributed by atoms with E-state index >= 15 is 0 Å². The number of carbonyl (C=O) groups excluding carboxylic acids is 1. The lowest BCUT2D eigenvalue weighted by molar-refractivity contribution is -0.0998. The van der Waals surface area contributed by atoms with Crippen molar-refractivity contribution in [1.82, 2.24) is 20.2 Å². The second kappa shape index (κ2) is 5.87. The summed E-state index contributed by atoms with van der Waals surface area (Å²) < 4.78 is 5.37. The summed E-state index contributed by atoms with van der Waals surface area (Å²) in [6, 6.07) is 10.5. The van der Waals surface area contributed by atoms with Crippen molar-refractivity contribution < 1.29 is 9.53 Å². The van der Waals surface area contributed by atoms with E-state index in [1.807, 2.05) is 23.1 Å². The molecule has 0 radical (unpaired) electrons. The quantitative estimate of drug-likeness (QED) is 0.909. The maximum Gasteiger partial charge on any atom is 0.411 e. The predicted molar refractivity (Wildman–Crippen MR) is 81.6 cm³/mol. The Hall–Kier alpha value is -1.63. The summed E-state index contributed by atoms with van der Waals surface area (Å²) in [5.74, 6) is 0. The second-order valence-electron chi connectivity index (χ2n) is 6.19. The van der Waals surface area contributed by atoms with Gasteiger partial charge in [0, 0.05) is 6.54 Å². The van der Waals surface area contributed by atoms with Crippen LogP contribution in [-0.2, 0) is 11.2 Å². The standard InChI is InChI=1S/C16H22N4O2/c21-16-20(15-7-4-8-18-11-17-12-19(15)18)14(10-22-16)9-13-5-2-1-3-6-13/h1-3,5-6,14-15,17H,4,7-12H2/t14-,15+/m0/s1. The molecule has 3 fully saturated rings. The van der Waals surface area contributed by atoms with Gasteiger partial charge in [-0.2, -0.15) is 0 Å². The average Bonchev–Trinajstić information content (AvgIpc) is 3.15. The van der Waals surface area contributed by atoms with Crippen LogP contribution < -0.4 is 5.32 Å². The fourth-order valence-electron chi connectivity index (χ4n) is 3.75. The Morgan fingerprint density at radius 3 is 2.95 bits per heavy atom. The predicted octanol–water partition coefficient (Wildman–Crippen LogP) is 1.21. The molecule has 1 N–H and O–H groups in total. The van der Waals surface area contributed by atoms with E-state index < -0.39 is 0 Å². The fourth-order valence-corrected chi connectivity index (χ4v) is 3.75. The van der Waals surface area contributed by atoms with Crippen LogP contribution in [0.2, 0.25) is 0 Å². The summed E-state index contributed by atoms with van der Waals surface area (Å²) in [5, 5.41) is 7.96. The van der Waals surface area contributed by atoms with Crippen molar-refractivity contribution in [2.75, 3.05) is 26.5 Å². The van der Waals surface area contributed by atoms with Gasteiger partial charge in [0.2, 0.25) is 0 Å². The van der Waals surface area contributed by atoms with Gasteiger partial charge in [-0.15, -0.1) is 0 Å². The Labute approximate surface area is 130 Å². The second-order valence-corrected chi connectivity index (χ2v) is 6.19. The molecular weight excluding hydrogens is 280 g/mol. The molecule has 3 aliphatic rings. The molecule has 0 spiro atoms. The summed E-state index contributed by atoms with van der Waals surface area (Å²) in [6.45, 7) is 3.25. The number of nitrogens with one attached hydrogen (secondary N) is 1.